The van der Waals surface area contributed by atoms with Crippen molar-refractivity contribution in [2.24, 2.45) is 10.9 Å². The number of aryl methyl sites for hydroxylation is 1. The fraction of sp³-hybridized carbons (Fsp3) is 0.538. The van der Waals surface area contributed by atoms with Crippen molar-refractivity contribution in [1.29, 1.82) is 0 Å². The summed E-state index contributed by atoms with van der Waals surface area (Å²) < 4.78 is 5.66. The minimum Gasteiger partial charge on any atom is -0.381 e. The number of amidine groups is 1. The second kappa shape index (κ2) is 12.6. The fourth-order valence-electron chi connectivity index (χ4n) is 4.25. The molecular weight excluding hydrogens is 384 g/mol. The van der Waals surface area contributed by atoms with Crippen LogP contribution in [0.25, 0.3) is 0 Å². The van der Waals surface area contributed by atoms with E-state index < -0.39 is 0 Å². The Morgan fingerprint density at radius 2 is 1.87 bits per heavy atom. The van der Waals surface area contributed by atoms with E-state index in [0.29, 0.717) is 11.8 Å². The van der Waals surface area contributed by atoms with Crippen LogP contribution in [-0.2, 0) is 4.74 Å². The summed E-state index contributed by atoms with van der Waals surface area (Å²) >= 11 is 0. The van der Waals surface area contributed by atoms with Gasteiger partial charge in [0, 0.05) is 42.9 Å². The van der Waals surface area contributed by atoms with Crippen molar-refractivity contribution in [3.05, 3.63) is 65.0 Å². The first-order valence-electron chi connectivity index (χ1n) is 11.7. The number of benzene rings is 1. The Balaban J connectivity index is 0.00000166. The number of ether oxygens (including phenoxy) is 1. The van der Waals surface area contributed by atoms with E-state index in [1.165, 1.54) is 16.7 Å². The van der Waals surface area contributed by atoms with Crippen molar-refractivity contribution in [2.45, 2.75) is 72.4 Å². The summed E-state index contributed by atoms with van der Waals surface area (Å²) in [6, 6.07) is 13.0. The Morgan fingerprint density at radius 3 is 2.52 bits per heavy atom. The largest absolute Gasteiger partial charge is 0.381 e. The van der Waals surface area contributed by atoms with Gasteiger partial charge >= 0.3 is 0 Å². The molecule has 5 nitrogen and oxygen atoms in total. The molecule has 0 saturated heterocycles. The molecule has 1 aromatic carbocycles. The number of hydrogen-bond acceptors (Lipinski definition) is 4. The van der Waals surface area contributed by atoms with Gasteiger partial charge in [0.25, 0.3) is 0 Å². The minimum atomic E-state index is 0.163. The van der Waals surface area contributed by atoms with Crippen LogP contribution in [-0.4, -0.2) is 30.6 Å². The molecule has 0 fully saturated rings. The van der Waals surface area contributed by atoms with Crippen LogP contribution in [0.3, 0.4) is 0 Å². The number of pyridine rings is 1. The van der Waals surface area contributed by atoms with E-state index in [-0.39, 0.29) is 12.1 Å². The molecule has 0 radical (unpaired) electrons. The van der Waals surface area contributed by atoms with E-state index in [9.17, 15) is 0 Å². The maximum atomic E-state index is 5.66. The molecular formula is C26H40N4O. The Morgan fingerprint density at radius 1 is 1.13 bits per heavy atom. The van der Waals surface area contributed by atoms with Gasteiger partial charge in [-0.1, -0.05) is 58.9 Å². The molecule has 0 saturated carbocycles. The highest BCUT2D eigenvalue weighted by atomic mass is 16.5. The first-order chi connectivity index (χ1) is 15.1. The van der Waals surface area contributed by atoms with Gasteiger partial charge in [-0.2, -0.15) is 0 Å². The minimum absolute atomic E-state index is 0.163. The number of aliphatic imine (C=N–C) groups is 1. The van der Waals surface area contributed by atoms with Gasteiger partial charge in [-0.25, -0.2) is 5.43 Å². The van der Waals surface area contributed by atoms with Gasteiger partial charge in [0.2, 0.25) is 0 Å². The third kappa shape index (κ3) is 6.14. The summed E-state index contributed by atoms with van der Waals surface area (Å²) in [5, 5.41) is 0. The van der Waals surface area contributed by atoms with Crippen molar-refractivity contribution >= 4 is 5.84 Å². The van der Waals surface area contributed by atoms with E-state index in [1.54, 1.807) is 7.11 Å². The first-order valence-corrected chi connectivity index (χ1v) is 11.7. The number of aromatic nitrogens is 1. The predicted octanol–water partition coefficient (Wildman–Crippen LogP) is 5.57. The average Bonchev–Trinajstić information content (AvgIpc) is 2.82. The third-order valence-electron chi connectivity index (χ3n) is 6.08. The van der Waals surface area contributed by atoms with Crippen LogP contribution in [0, 0.1) is 12.8 Å². The van der Waals surface area contributed by atoms with Crippen LogP contribution < -0.4 is 10.9 Å². The van der Waals surface area contributed by atoms with Crippen LogP contribution in [0.4, 0.5) is 0 Å². The summed E-state index contributed by atoms with van der Waals surface area (Å²) in [6.45, 7) is 13.4. The van der Waals surface area contributed by atoms with Crippen molar-refractivity contribution in [1.82, 2.24) is 15.8 Å². The lowest BCUT2D eigenvalue weighted by Gasteiger charge is -2.33. The molecule has 5 heteroatoms. The van der Waals surface area contributed by atoms with Crippen molar-refractivity contribution in [3.63, 3.8) is 0 Å². The number of hydrogen-bond donors (Lipinski definition) is 2. The Labute approximate surface area is 188 Å². The van der Waals surface area contributed by atoms with Gasteiger partial charge in [-0.05, 0) is 43.0 Å². The van der Waals surface area contributed by atoms with Crippen LogP contribution in [0.5, 0.6) is 0 Å². The molecule has 0 aliphatic carbocycles. The van der Waals surface area contributed by atoms with E-state index in [1.807, 2.05) is 27.0 Å². The van der Waals surface area contributed by atoms with Gasteiger partial charge < -0.3 is 10.2 Å². The van der Waals surface area contributed by atoms with Crippen LogP contribution in [0.15, 0.2) is 47.6 Å². The van der Waals surface area contributed by atoms with E-state index in [2.05, 4.69) is 73.0 Å². The van der Waals surface area contributed by atoms with Gasteiger partial charge in [0.1, 0.15) is 5.84 Å². The van der Waals surface area contributed by atoms with Gasteiger partial charge in [0.05, 0.1) is 12.1 Å². The molecule has 3 rings (SSSR count). The number of methoxy groups -OCH3 is 1. The molecule has 2 heterocycles. The first kappa shape index (κ1) is 25.0. The van der Waals surface area contributed by atoms with Crippen LogP contribution >= 0.6 is 0 Å². The highest BCUT2D eigenvalue weighted by Crippen LogP contribution is 2.34. The van der Waals surface area contributed by atoms with E-state index in [4.69, 9.17) is 9.73 Å². The highest BCUT2D eigenvalue weighted by Gasteiger charge is 2.29. The summed E-state index contributed by atoms with van der Waals surface area (Å²) in [5.41, 5.74) is 11.7. The van der Waals surface area contributed by atoms with Crippen molar-refractivity contribution in [2.75, 3.05) is 13.7 Å². The van der Waals surface area contributed by atoms with Gasteiger partial charge in [0.15, 0.2) is 0 Å². The zero-order valence-corrected chi connectivity index (χ0v) is 20.3. The molecule has 1 aliphatic rings. The van der Waals surface area contributed by atoms with Crippen LogP contribution in [0.1, 0.15) is 81.8 Å². The zero-order chi connectivity index (χ0) is 22.8. The van der Waals surface area contributed by atoms with Gasteiger partial charge in [-0.3, -0.25) is 9.98 Å². The average molecular weight is 425 g/mol. The second-order valence-corrected chi connectivity index (χ2v) is 7.89. The molecule has 1 aliphatic heterocycles. The number of rotatable bonds is 8. The Kier molecular flexibility index (Phi) is 10.2. The quantitative estimate of drug-likeness (QED) is 0.582. The second-order valence-electron chi connectivity index (χ2n) is 7.89. The lowest BCUT2D eigenvalue weighted by atomic mass is 9.85. The fourth-order valence-corrected chi connectivity index (χ4v) is 4.25. The number of nitrogens with one attached hydrogen (secondary N) is 2. The van der Waals surface area contributed by atoms with Crippen molar-refractivity contribution < 1.29 is 4.74 Å². The Bertz CT molecular complexity index is 832. The number of hydrazine groups is 1. The molecule has 2 N–H and O–H groups in total. The van der Waals surface area contributed by atoms with E-state index in [0.717, 1.165) is 30.9 Å². The molecule has 170 valence electrons. The topological polar surface area (TPSA) is 58.5 Å². The molecule has 4 unspecified atom stereocenters. The SMILES string of the molecule is CC.CCC(CN=C1NNC(C(C)c2ccnc(C)c2)c2ccccc21)C(CC)OC. The smallest absolute Gasteiger partial charge is 0.143 e. The van der Waals surface area contributed by atoms with Crippen molar-refractivity contribution in [3.8, 4) is 0 Å². The number of nitrogens with zero attached hydrogens (tertiary/aromatic N) is 2. The normalized spacial score (nSPS) is 19.5. The van der Waals surface area contributed by atoms with Gasteiger partial charge in [-0.15, -0.1) is 0 Å². The number of fused-ring (bicyclic) bond motifs is 1. The summed E-state index contributed by atoms with van der Waals surface area (Å²) in [6.07, 6.45) is 4.20. The third-order valence-corrected chi connectivity index (χ3v) is 6.08. The van der Waals surface area contributed by atoms with E-state index >= 15 is 0 Å². The lowest BCUT2D eigenvalue weighted by Crippen LogP contribution is -2.47. The molecule has 0 spiro atoms. The monoisotopic (exact) mass is 424 g/mol. The predicted molar refractivity (Wildman–Crippen MR) is 130 cm³/mol. The molecule has 2 aromatic rings. The molecule has 31 heavy (non-hydrogen) atoms. The lowest BCUT2D eigenvalue weighted by molar-refractivity contribution is 0.0507. The molecule has 0 amide bonds. The molecule has 4 atom stereocenters. The standard InChI is InChI=1S/C24H34N4O.C2H6/c1-6-18(22(7-2)29-5)15-26-24-21-11-9-8-10-20(21)23(27-28-24)17(4)19-12-13-25-16(3)14-19;1-2/h8-14,17-18,22-23,27H,6-7,15H2,1-5H3,(H,26,28);1-2H3. The zero-order valence-electron chi connectivity index (χ0n) is 20.3. The highest BCUT2D eigenvalue weighted by molar-refractivity contribution is 6.00. The maximum absolute atomic E-state index is 5.66. The summed E-state index contributed by atoms with van der Waals surface area (Å²) in [5.74, 6) is 1.63. The summed E-state index contributed by atoms with van der Waals surface area (Å²) in [4.78, 5) is 9.28. The molecule has 1 aromatic heterocycles. The Hall–Kier alpha value is -2.24. The summed E-state index contributed by atoms with van der Waals surface area (Å²) in [7, 11) is 1.80. The maximum Gasteiger partial charge on any atom is 0.143 e. The van der Waals surface area contributed by atoms with Crippen LogP contribution in [0.2, 0.25) is 0 Å². The molecule has 0 bridgehead atoms.